The first-order chi connectivity index (χ1) is 8.86. The maximum atomic E-state index is 14.0. The van der Waals surface area contributed by atoms with E-state index in [0.29, 0.717) is 12.0 Å². The van der Waals surface area contributed by atoms with Crippen LogP contribution in [0.1, 0.15) is 39.2 Å². The maximum absolute atomic E-state index is 14.0. The third-order valence-corrected chi connectivity index (χ3v) is 4.43. The standard InChI is InChI=1S/C16H23BrFN/c1-16(2,3)12(10-19-14-6-7-14)8-11-4-5-13(17)9-15(11)18/h4-5,9,12,14,19H,6-8,10H2,1-3H3. The average molecular weight is 328 g/mol. The molecule has 1 aliphatic rings. The molecule has 0 saturated heterocycles. The molecule has 1 unspecified atom stereocenters. The Balaban J connectivity index is 2.05. The number of hydrogen-bond donors (Lipinski definition) is 1. The summed E-state index contributed by atoms with van der Waals surface area (Å²) in [4.78, 5) is 0. The van der Waals surface area contributed by atoms with Crippen LogP contribution in [-0.2, 0) is 6.42 Å². The van der Waals surface area contributed by atoms with Crippen molar-refractivity contribution in [1.82, 2.24) is 5.32 Å². The van der Waals surface area contributed by atoms with Gasteiger partial charge in [0.05, 0.1) is 0 Å². The molecule has 1 saturated carbocycles. The Morgan fingerprint density at radius 1 is 1.37 bits per heavy atom. The van der Waals surface area contributed by atoms with Crippen molar-refractivity contribution in [3.8, 4) is 0 Å². The summed E-state index contributed by atoms with van der Waals surface area (Å²) in [6, 6.07) is 6.09. The highest BCUT2D eigenvalue weighted by atomic mass is 79.9. The minimum atomic E-state index is -0.102. The van der Waals surface area contributed by atoms with Crippen LogP contribution in [0, 0.1) is 17.2 Å². The number of hydrogen-bond acceptors (Lipinski definition) is 1. The first-order valence-electron chi connectivity index (χ1n) is 7.03. The van der Waals surface area contributed by atoms with Gasteiger partial charge in [0.1, 0.15) is 5.82 Å². The molecule has 19 heavy (non-hydrogen) atoms. The molecular formula is C16H23BrFN. The van der Waals surface area contributed by atoms with Crippen LogP contribution in [0.25, 0.3) is 0 Å². The monoisotopic (exact) mass is 327 g/mol. The van der Waals surface area contributed by atoms with Crippen LogP contribution in [0.5, 0.6) is 0 Å². The molecule has 1 N–H and O–H groups in total. The molecule has 106 valence electrons. The first-order valence-corrected chi connectivity index (χ1v) is 7.83. The Labute approximate surface area is 124 Å². The van der Waals surface area contributed by atoms with E-state index in [-0.39, 0.29) is 11.2 Å². The predicted molar refractivity (Wildman–Crippen MR) is 81.8 cm³/mol. The van der Waals surface area contributed by atoms with Gasteiger partial charge in [0, 0.05) is 10.5 Å². The fourth-order valence-electron chi connectivity index (χ4n) is 2.23. The second-order valence-corrected chi connectivity index (χ2v) is 7.60. The molecule has 0 aromatic heterocycles. The van der Waals surface area contributed by atoms with E-state index < -0.39 is 0 Å². The highest BCUT2D eigenvalue weighted by Crippen LogP contribution is 2.31. The van der Waals surface area contributed by atoms with Crippen molar-refractivity contribution in [1.29, 1.82) is 0 Å². The molecule has 0 aliphatic heterocycles. The number of nitrogens with one attached hydrogen (secondary N) is 1. The van der Waals surface area contributed by atoms with Crippen LogP contribution in [0.15, 0.2) is 22.7 Å². The SMILES string of the molecule is CC(C)(C)C(CNC1CC1)Cc1ccc(Br)cc1F. The summed E-state index contributed by atoms with van der Waals surface area (Å²) in [5.74, 6) is 0.346. The molecule has 2 rings (SSSR count). The minimum absolute atomic E-state index is 0.102. The van der Waals surface area contributed by atoms with Crippen LogP contribution in [0.4, 0.5) is 4.39 Å². The molecule has 1 atom stereocenters. The lowest BCUT2D eigenvalue weighted by Gasteiger charge is -2.31. The van der Waals surface area contributed by atoms with Crippen LogP contribution in [0.3, 0.4) is 0 Å². The highest BCUT2D eigenvalue weighted by Gasteiger charge is 2.28. The number of rotatable bonds is 5. The zero-order valence-corrected chi connectivity index (χ0v) is 13.6. The van der Waals surface area contributed by atoms with Crippen molar-refractivity contribution >= 4 is 15.9 Å². The molecule has 1 aliphatic carbocycles. The zero-order valence-electron chi connectivity index (χ0n) is 12.0. The van der Waals surface area contributed by atoms with E-state index in [1.54, 1.807) is 6.07 Å². The van der Waals surface area contributed by atoms with Gasteiger partial charge in [-0.1, -0.05) is 42.8 Å². The molecule has 0 heterocycles. The largest absolute Gasteiger partial charge is 0.314 e. The van der Waals surface area contributed by atoms with E-state index in [9.17, 15) is 4.39 Å². The molecule has 1 fully saturated rings. The van der Waals surface area contributed by atoms with Gasteiger partial charge < -0.3 is 5.32 Å². The molecule has 1 aromatic rings. The Kier molecular flexibility index (Phi) is 4.67. The normalized spacial score (nSPS) is 17.5. The fourth-order valence-corrected chi connectivity index (χ4v) is 2.57. The molecule has 0 amide bonds. The molecular weight excluding hydrogens is 305 g/mol. The summed E-state index contributed by atoms with van der Waals surface area (Å²) in [6.45, 7) is 7.69. The zero-order chi connectivity index (χ0) is 14.0. The summed E-state index contributed by atoms with van der Waals surface area (Å²) in [7, 11) is 0. The van der Waals surface area contributed by atoms with Gasteiger partial charge in [-0.15, -0.1) is 0 Å². The second kappa shape index (κ2) is 5.92. The van der Waals surface area contributed by atoms with Gasteiger partial charge in [-0.3, -0.25) is 0 Å². The molecule has 0 spiro atoms. The Morgan fingerprint density at radius 2 is 2.05 bits per heavy atom. The molecule has 0 radical (unpaired) electrons. The molecule has 0 bridgehead atoms. The number of halogens is 2. The third kappa shape index (κ3) is 4.57. The quantitative estimate of drug-likeness (QED) is 0.836. The van der Waals surface area contributed by atoms with E-state index in [1.165, 1.54) is 12.8 Å². The Hall–Kier alpha value is -0.410. The van der Waals surface area contributed by atoms with E-state index in [0.717, 1.165) is 23.0 Å². The molecule has 3 heteroatoms. The van der Waals surface area contributed by atoms with Gasteiger partial charge in [0.25, 0.3) is 0 Å². The van der Waals surface area contributed by atoms with E-state index in [1.807, 2.05) is 12.1 Å². The Morgan fingerprint density at radius 3 is 2.58 bits per heavy atom. The number of benzene rings is 1. The highest BCUT2D eigenvalue weighted by molar-refractivity contribution is 9.10. The van der Waals surface area contributed by atoms with E-state index in [4.69, 9.17) is 0 Å². The lowest BCUT2D eigenvalue weighted by molar-refractivity contribution is 0.228. The van der Waals surface area contributed by atoms with Gasteiger partial charge in [-0.25, -0.2) is 4.39 Å². The van der Waals surface area contributed by atoms with Crippen molar-refractivity contribution in [2.45, 2.75) is 46.1 Å². The van der Waals surface area contributed by atoms with Gasteiger partial charge in [-0.2, -0.15) is 0 Å². The van der Waals surface area contributed by atoms with Crippen molar-refractivity contribution in [2.24, 2.45) is 11.3 Å². The van der Waals surface area contributed by atoms with Crippen LogP contribution in [0.2, 0.25) is 0 Å². The summed E-state index contributed by atoms with van der Waals surface area (Å²) >= 11 is 3.31. The van der Waals surface area contributed by atoms with Crippen molar-refractivity contribution in [2.75, 3.05) is 6.54 Å². The molecule has 1 nitrogen and oxygen atoms in total. The maximum Gasteiger partial charge on any atom is 0.127 e. The second-order valence-electron chi connectivity index (χ2n) is 6.69. The summed E-state index contributed by atoms with van der Waals surface area (Å²) in [5.41, 5.74) is 1.00. The third-order valence-electron chi connectivity index (χ3n) is 3.94. The van der Waals surface area contributed by atoms with Crippen LogP contribution < -0.4 is 5.32 Å². The van der Waals surface area contributed by atoms with E-state index in [2.05, 4.69) is 42.0 Å². The summed E-state index contributed by atoms with van der Waals surface area (Å²) in [6.07, 6.45) is 3.38. The predicted octanol–water partition coefficient (Wildman–Crippen LogP) is 4.55. The van der Waals surface area contributed by atoms with Gasteiger partial charge in [0.15, 0.2) is 0 Å². The van der Waals surface area contributed by atoms with Gasteiger partial charge in [0.2, 0.25) is 0 Å². The van der Waals surface area contributed by atoms with Crippen LogP contribution in [-0.4, -0.2) is 12.6 Å². The van der Waals surface area contributed by atoms with Crippen molar-refractivity contribution < 1.29 is 4.39 Å². The molecule has 1 aromatic carbocycles. The van der Waals surface area contributed by atoms with Crippen molar-refractivity contribution in [3.63, 3.8) is 0 Å². The van der Waals surface area contributed by atoms with E-state index >= 15 is 0 Å². The lowest BCUT2D eigenvalue weighted by atomic mass is 9.77. The van der Waals surface area contributed by atoms with Gasteiger partial charge in [-0.05, 0) is 54.8 Å². The smallest absolute Gasteiger partial charge is 0.127 e. The topological polar surface area (TPSA) is 12.0 Å². The fraction of sp³-hybridized carbons (Fsp3) is 0.625. The van der Waals surface area contributed by atoms with Crippen LogP contribution >= 0.6 is 15.9 Å². The Bertz CT molecular complexity index is 435. The summed E-state index contributed by atoms with van der Waals surface area (Å²) in [5, 5.41) is 3.58. The van der Waals surface area contributed by atoms with Crippen molar-refractivity contribution in [3.05, 3.63) is 34.1 Å². The lowest BCUT2D eigenvalue weighted by Crippen LogP contribution is -2.34. The minimum Gasteiger partial charge on any atom is -0.314 e. The average Bonchev–Trinajstić information content (AvgIpc) is 3.09. The summed E-state index contributed by atoms with van der Waals surface area (Å²) < 4.78 is 14.8. The van der Waals surface area contributed by atoms with Gasteiger partial charge >= 0.3 is 0 Å². The first kappa shape index (κ1) is 15.0.